The van der Waals surface area contributed by atoms with E-state index in [9.17, 15) is 18.0 Å². The molecule has 6 nitrogen and oxygen atoms in total. The third-order valence-electron chi connectivity index (χ3n) is 5.83. The second kappa shape index (κ2) is 8.43. The third-order valence-corrected chi connectivity index (χ3v) is 5.83. The molecule has 9 heteroatoms. The van der Waals surface area contributed by atoms with E-state index in [0.717, 1.165) is 24.3 Å². The minimum Gasteiger partial charge on any atom is -0.444 e. The number of carbonyl (C=O) groups excluding carboxylic acids is 1. The number of carbonyl (C=O) groups is 1. The highest BCUT2D eigenvalue weighted by Crippen LogP contribution is 2.43. The van der Waals surface area contributed by atoms with Crippen LogP contribution in [0, 0.1) is 5.92 Å². The van der Waals surface area contributed by atoms with Crippen LogP contribution in [-0.2, 0) is 10.9 Å². The number of piperazine rings is 1. The number of anilines is 1. The number of alkyl halides is 3. The summed E-state index contributed by atoms with van der Waals surface area (Å²) < 4.78 is 45.5. The fraction of sp³-hybridized carbons (Fsp3) is 0.500. The Balaban J connectivity index is 1.63. The molecule has 1 saturated heterocycles. The molecule has 3 heterocycles. The van der Waals surface area contributed by atoms with Gasteiger partial charge in [0.1, 0.15) is 5.60 Å². The van der Waals surface area contributed by atoms with Gasteiger partial charge in [0.2, 0.25) is 0 Å². The van der Waals surface area contributed by atoms with Crippen LogP contribution in [-0.4, -0.2) is 53.5 Å². The third kappa shape index (κ3) is 4.86. The van der Waals surface area contributed by atoms with E-state index >= 15 is 0 Å². The second-order valence-electron chi connectivity index (χ2n) is 9.43. The standard InChI is InChI=1S/C24H29F3N4O2/c1-5-16-8-9-31-19-7-6-17(24(25,26)27)15-18(19)28-21(20(31)14-16)29-10-12-30(13-11-29)22(32)33-23(2,3)4/h6-9,14-16H,5,10-13H2,1-4H3. The van der Waals surface area contributed by atoms with E-state index in [-0.39, 0.29) is 17.7 Å². The Bertz CT molecular complexity index is 1020. The lowest BCUT2D eigenvalue weighted by Gasteiger charge is -2.41. The van der Waals surface area contributed by atoms with Crippen molar-refractivity contribution in [3.63, 3.8) is 0 Å². The van der Waals surface area contributed by atoms with Crippen molar-refractivity contribution in [2.75, 3.05) is 31.1 Å². The maximum Gasteiger partial charge on any atom is 0.416 e. The molecule has 1 aromatic carbocycles. The Morgan fingerprint density at radius 3 is 2.45 bits per heavy atom. The first-order valence-corrected chi connectivity index (χ1v) is 11.2. The average Bonchev–Trinajstić information content (AvgIpc) is 2.76. The van der Waals surface area contributed by atoms with Gasteiger partial charge in [0.15, 0.2) is 5.84 Å². The zero-order chi connectivity index (χ0) is 24.0. The normalized spacial score (nSPS) is 20.7. The zero-order valence-corrected chi connectivity index (χ0v) is 19.3. The number of allylic oxidation sites excluding steroid dienone is 2. The van der Waals surface area contributed by atoms with Gasteiger partial charge in [-0.1, -0.05) is 13.0 Å². The first-order valence-electron chi connectivity index (χ1n) is 11.2. The van der Waals surface area contributed by atoms with Gasteiger partial charge in [-0.3, -0.25) is 0 Å². The molecule has 0 saturated carbocycles. The molecule has 33 heavy (non-hydrogen) atoms. The summed E-state index contributed by atoms with van der Waals surface area (Å²) in [6, 6.07) is 3.67. The number of aliphatic imine (C=N–C) groups is 1. The van der Waals surface area contributed by atoms with Crippen molar-refractivity contribution in [2.45, 2.75) is 45.9 Å². The molecule has 0 aromatic heterocycles. The molecule has 0 radical (unpaired) electrons. The summed E-state index contributed by atoms with van der Waals surface area (Å²) in [5.41, 5.74) is 0.472. The first-order chi connectivity index (χ1) is 15.5. The quantitative estimate of drug-likeness (QED) is 0.550. The molecule has 1 aromatic rings. The summed E-state index contributed by atoms with van der Waals surface area (Å²) >= 11 is 0. The molecule has 0 spiro atoms. The highest BCUT2D eigenvalue weighted by Gasteiger charge is 2.36. The van der Waals surface area contributed by atoms with E-state index in [1.54, 1.807) is 4.90 Å². The van der Waals surface area contributed by atoms with Gasteiger partial charge >= 0.3 is 12.3 Å². The molecule has 0 bridgehead atoms. The molecule has 1 atom stereocenters. The number of hydrogen-bond acceptors (Lipinski definition) is 5. The average molecular weight is 463 g/mol. The number of halogens is 3. The Morgan fingerprint density at radius 2 is 1.85 bits per heavy atom. The monoisotopic (exact) mass is 462 g/mol. The molecule has 3 aliphatic heterocycles. The molecule has 0 aliphatic carbocycles. The van der Waals surface area contributed by atoms with Gasteiger partial charge in [0, 0.05) is 32.4 Å². The van der Waals surface area contributed by atoms with Gasteiger partial charge in [-0.25, -0.2) is 9.79 Å². The van der Waals surface area contributed by atoms with Crippen molar-refractivity contribution < 1.29 is 22.7 Å². The fourth-order valence-electron chi connectivity index (χ4n) is 4.09. The van der Waals surface area contributed by atoms with Crippen LogP contribution in [0.5, 0.6) is 0 Å². The minimum atomic E-state index is -4.44. The molecule has 1 unspecified atom stereocenters. The van der Waals surface area contributed by atoms with E-state index in [0.29, 0.717) is 37.7 Å². The van der Waals surface area contributed by atoms with Gasteiger partial charge in [-0.05, 0) is 57.4 Å². The lowest BCUT2D eigenvalue weighted by molar-refractivity contribution is -0.137. The van der Waals surface area contributed by atoms with Crippen LogP contribution in [0.2, 0.25) is 0 Å². The predicted octanol–water partition coefficient (Wildman–Crippen LogP) is 5.55. The number of amidine groups is 1. The van der Waals surface area contributed by atoms with Crippen LogP contribution in [0.3, 0.4) is 0 Å². The van der Waals surface area contributed by atoms with Crippen LogP contribution in [0.1, 0.15) is 39.7 Å². The summed E-state index contributed by atoms with van der Waals surface area (Å²) in [7, 11) is 0. The van der Waals surface area contributed by atoms with E-state index in [1.807, 2.05) is 42.8 Å². The van der Waals surface area contributed by atoms with E-state index < -0.39 is 17.3 Å². The number of benzene rings is 1. The summed E-state index contributed by atoms with van der Waals surface area (Å²) in [6.07, 6.45) is 2.19. The number of ether oxygens (including phenoxy) is 1. The lowest BCUT2D eigenvalue weighted by Crippen LogP contribution is -2.53. The van der Waals surface area contributed by atoms with Gasteiger partial charge in [-0.15, -0.1) is 0 Å². The van der Waals surface area contributed by atoms with E-state index in [2.05, 4.69) is 18.0 Å². The number of rotatable bonds is 1. The minimum absolute atomic E-state index is 0.223. The van der Waals surface area contributed by atoms with Crippen molar-refractivity contribution in [3.05, 3.63) is 47.8 Å². The van der Waals surface area contributed by atoms with Crippen LogP contribution in [0.4, 0.5) is 29.3 Å². The van der Waals surface area contributed by atoms with Crippen LogP contribution in [0.25, 0.3) is 0 Å². The van der Waals surface area contributed by atoms with Crippen molar-refractivity contribution >= 4 is 23.3 Å². The topological polar surface area (TPSA) is 48.4 Å². The fourth-order valence-corrected chi connectivity index (χ4v) is 4.09. The number of hydrogen-bond donors (Lipinski definition) is 0. The molecular formula is C24H29F3N4O2. The zero-order valence-electron chi connectivity index (χ0n) is 19.3. The maximum absolute atomic E-state index is 13.3. The SMILES string of the molecule is CCC1C=CN2C(=C1)C(N1CCN(C(=O)OC(C)(C)C)CC1)=Nc1cc(C(F)(F)F)ccc12. The highest BCUT2D eigenvalue weighted by molar-refractivity contribution is 6.07. The Morgan fingerprint density at radius 1 is 1.15 bits per heavy atom. The van der Waals surface area contributed by atoms with Crippen LogP contribution >= 0.6 is 0 Å². The van der Waals surface area contributed by atoms with Crippen LogP contribution in [0.15, 0.2) is 47.2 Å². The van der Waals surface area contributed by atoms with Gasteiger partial charge < -0.3 is 19.4 Å². The first kappa shape index (κ1) is 23.2. The van der Waals surface area contributed by atoms with Crippen molar-refractivity contribution in [1.29, 1.82) is 0 Å². The largest absolute Gasteiger partial charge is 0.444 e. The van der Waals surface area contributed by atoms with Gasteiger partial charge in [0.05, 0.1) is 22.6 Å². The Labute approximate surface area is 192 Å². The van der Waals surface area contributed by atoms with Crippen molar-refractivity contribution in [3.8, 4) is 0 Å². The number of fused-ring (bicyclic) bond motifs is 3. The lowest BCUT2D eigenvalue weighted by atomic mass is 9.98. The summed E-state index contributed by atoms with van der Waals surface area (Å²) in [4.78, 5) is 22.7. The Hall–Kier alpha value is -2.97. The molecule has 0 N–H and O–H groups in total. The Kier molecular flexibility index (Phi) is 5.92. The van der Waals surface area contributed by atoms with E-state index in [4.69, 9.17) is 4.74 Å². The molecule has 4 rings (SSSR count). The van der Waals surface area contributed by atoms with Gasteiger partial charge in [-0.2, -0.15) is 13.2 Å². The maximum atomic E-state index is 13.3. The summed E-state index contributed by atoms with van der Waals surface area (Å²) in [5, 5.41) is 0. The second-order valence-corrected chi connectivity index (χ2v) is 9.43. The van der Waals surface area contributed by atoms with Crippen molar-refractivity contribution in [2.24, 2.45) is 10.9 Å². The predicted molar refractivity (Wildman–Crippen MR) is 121 cm³/mol. The smallest absolute Gasteiger partial charge is 0.416 e. The van der Waals surface area contributed by atoms with Gasteiger partial charge in [0.25, 0.3) is 0 Å². The highest BCUT2D eigenvalue weighted by atomic mass is 19.4. The number of nitrogens with zero attached hydrogens (tertiary/aromatic N) is 4. The molecule has 1 fully saturated rings. The molecule has 1 amide bonds. The summed E-state index contributed by atoms with van der Waals surface area (Å²) in [6.45, 7) is 9.49. The van der Waals surface area contributed by atoms with E-state index in [1.165, 1.54) is 6.07 Å². The molecule has 3 aliphatic rings. The van der Waals surface area contributed by atoms with Crippen LogP contribution < -0.4 is 4.90 Å². The number of amides is 1. The molecular weight excluding hydrogens is 433 g/mol. The summed E-state index contributed by atoms with van der Waals surface area (Å²) in [5.74, 6) is 0.856. The van der Waals surface area contributed by atoms with Crippen molar-refractivity contribution in [1.82, 2.24) is 9.80 Å². The molecule has 178 valence electrons.